The molecule has 9 nitrogen and oxygen atoms in total. The Labute approximate surface area is 256 Å². The fourth-order valence-corrected chi connectivity index (χ4v) is 8.19. The van der Waals surface area contributed by atoms with Crippen LogP contribution in [0.3, 0.4) is 0 Å². The van der Waals surface area contributed by atoms with Crippen LogP contribution < -0.4 is 20.3 Å². The van der Waals surface area contributed by atoms with Crippen LogP contribution in [0.15, 0.2) is 42.6 Å². The maximum absolute atomic E-state index is 16.8. The van der Waals surface area contributed by atoms with Gasteiger partial charge < -0.3 is 20.3 Å². The largest absolute Gasteiger partial charge is 0.461 e. The molecule has 0 bridgehead atoms. The maximum atomic E-state index is 16.8. The summed E-state index contributed by atoms with van der Waals surface area (Å²) in [6.45, 7) is 6.83. The average molecular weight is 596 g/mol. The Morgan fingerprint density at radius 3 is 2.68 bits per heavy atom. The lowest BCUT2D eigenvalue weighted by atomic mass is 9.91. The van der Waals surface area contributed by atoms with Crippen LogP contribution in [0.2, 0.25) is 0 Å². The third-order valence-corrected chi connectivity index (χ3v) is 10.4. The number of piperidine rings is 1. The van der Waals surface area contributed by atoms with Crippen molar-refractivity contribution < 1.29 is 13.9 Å². The van der Waals surface area contributed by atoms with Crippen LogP contribution in [0.4, 0.5) is 15.0 Å². The van der Waals surface area contributed by atoms with E-state index in [1.54, 1.807) is 6.20 Å². The molecule has 0 spiro atoms. The van der Waals surface area contributed by atoms with Gasteiger partial charge in [-0.2, -0.15) is 9.97 Å². The van der Waals surface area contributed by atoms with Crippen LogP contribution in [0, 0.1) is 18.7 Å². The molecular weight excluding hydrogens is 557 g/mol. The van der Waals surface area contributed by atoms with E-state index in [-0.39, 0.29) is 40.8 Å². The summed E-state index contributed by atoms with van der Waals surface area (Å²) < 4.78 is 23.2. The number of carbonyl (C=O) groups excluding carboxylic acids is 1. The monoisotopic (exact) mass is 595 g/mol. The number of anilines is 1. The Morgan fingerprint density at radius 1 is 1.07 bits per heavy atom. The van der Waals surface area contributed by atoms with Gasteiger partial charge in [0, 0.05) is 31.4 Å². The van der Waals surface area contributed by atoms with E-state index < -0.39 is 5.82 Å². The Morgan fingerprint density at radius 2 is 1.89 bits per heavy atom. The first kappa shape index (κ1) is 27.5. The second kappa shape index (κ2) is 10.8. The molecule has 2 aromatic heterocycles. The van der Waals surface area contributed by atoms with E-state index in [0.29, 0.717) is 30.9 Å². The predicted octanol–water partition coefficient (Wildman–Crippen LogP) is 5.20. The molecule has 2 N–H and O–H groups in total. The van der Waals surface area contributed by atoms with Crippen molar-refractivity contribution in [3.63, 3.8) is 0 Å². The number of hydrogen-bond donors (Lipinski definition) is 2. The summed E-state index contributed by atoms with van der Waals surface area (Å²) in [5.74, 6) is 0.428. The van der Waals surface area contributed by atoms with Crippen molar-refractivity contribution in [2.24, 2.45) is 5.92 Å². The molecule has 0 aliphatic carbocycles. The number of amides is 2. The minimum Gasteiger partial charge on any atom is -0.461 e. The van der Waals surface area contributed by atoms with Crippen molar-refractivity contribution in [2.75, 3.05) is 44.2 Å². The fraction of sp³-hybridized carbons (Fsp3) is 0.471. The summed E-state index contributed by atoms with van der Waals surface area (Å²) in [7, 11) is 0. The number of benzene rings is 2. The number of carbonyl (C=O) groups is 1. The topological polar surface area (TPSA) is 95.5 Å². The normalized spacial score (nSPS) is 23.2. The Bertz CT molecular complexity index is 1750. The molecule has 4 aromatic rings. The highest BCUT2D eigenvalue weighted by Crippen LogP contribution is 2.40. The lowest BCUT2D eigenvalue weighted by Gasteiger charge is -2.36. The van der Waals surface area contributed by atoms with Gasteiger partial charge in [-0.3, -0.25) is 9.88 Å². The van der Waals surface area contributed by atoms with Gasteiger partial charge in [0.05, 0.1) is 17.0 Å². The Kier molecular flexibility index (Phi) is 6.77. The highest BCUT2D eigenvalue weighted by atomic mass is 19.1. The van der Waals surface area contributed by atoms with Gasteiger partial charge in [-0.25, -0.2) is 9.18 Å². The number of aryl methyl sites for hydroxylation is 1. The first-order valence-corrected chi connectivity index (χ1v) is 16.0. The lowest BCUT2D eigenvalue weighted by Crippen LogP contribution is -2.45. The SMILES string of the molecule is Cc1cccc2cccc(-c3ncc4c(N5CCCC(C6CNC(=O)N6)C5)nc(OCC56CCCN5CCC6)nc4c3F)c12. The summed E-state index contributed by atoms with van der Waals surface area (Å²) in [5.41, 5.74) is 2.34. The van der Waals surface area contributed by atoms with Crippen molar-refractivity contribution in [3.05, 3.63) is 54.0 Å². The molecule has 2 atom stereocenters. The molecule has 0 saturated carbocycles. The molecule has 0 radical (unpaired) electrons. The van der Waals surface area contributed by atoms with Gasteiger partial charge in [0.1, 0.15) is 23.6 Å². The van der Waals surface area contributed by atoms with Crippen LogP contribution in [-0.2, 0) is 0 Å². The van der Waals surface area contributed by atoms with Crippen LogP contribution in [0.5, 0.6) is 6.01 Å². The highest BCUT2D eigenvalue weighted by Gasteiger charge is 2.45. The summed E-state index contributed by atoms with van der Waals surface area (Å²) in [6, 6.07) is 12.2. The van der Waals surface area contributed by atoms with E-state index in [2.05, 4.69) is 20.4 Å². The van der Waals surface area contributed by atoms with Gasteiger partial charge in [0.25, 0.3) is 0 Å². The Balaban J connectivity index is 1.22. The Hall–Kier alpha value is -4.05. The van der Waals surface area contributed by atoms with E-state index >= 15 is 4.39 Å². The van der Waals surface area contributed by atoms with Gasteiger partial charge >= 0.3 is 12.0 Å². The molecule has 2 unspecified atom stereocenters. The fourth-order valence-electron chi connectivity index (χ4n) is 8.19. The van der Waals surface area contributed by atoms with Crippen LogP contribution in [0.1, 0.15) is 44.1 Å². The molecule has 4 saturated heterocycles. The molecule has 44 heavy (non-hydrogen) atoms. The van der Waals surface area contributed by atoms with E-state index in [9.17, 15) is 4.79 Å². The highest BCUT2D eigenvalue weighted by molar-refractivity contribution is 6.00. The number of hydrogen-bond acceptors (Lipinski definition) is 7. The van der Waals surface area contributed by atoms with Gasteiger partial charge in [-0.05, 0) is 80.8 Å². The number of halogens is 1. The number of ether oxygens (including phenoxy) is 1. The number of rotatable bonds is 6. The zero-order chi connectivity index (χ0) is 29.8. The zero-order valence-electron chi connectivity index (χ0n) is 25.1. The quantitative estimate of drug-likeness (QED) is 0.317. The first-order valence-electron chi connectivity index (χ1n) is 16.0. The summed E-state index contributed by atoms with van der Waals surface area (Å²) in [5, 5.41) is 8.55. The second-order valence-corrected chi connectivity index (χ2v) is 13.0. The summed E-state index contributed by atoms with van der Waals surface area (Å²) >= 11 is 0. The molecule has 4 aliphatic heterocycles. The van der Waals surface area contributed by atoms with E-state index in [4.69, 9.17) is 19.7 Å². The van der Waals surface area contributed by atoms with Crippen LogP contribution in [-0.4, -0.2) is 76.8 Å². The number of urea groups is 1. The molecule has 2 aromatic carbocycles. The van der Waals surface area contributed by atoms with E-state index in [1.165, 1.54) is 12.8 Å². The number of nitrogens with zero attached hydrogens (tertiary/aromatic N) is 5. The van der Waals surface area contributed by atoms with Gasteiger partial charge in [0.2, 0.25) is 0 Å². The molecule has 4 aliphatic rings. The average Bonchev–Trinajstić information content (AvgIpc) is 3.76. The molecule has 4 fully saturated rings. The minimum absolute atomic E-state index is 0.0187. The molecule has 2 amide bonds. The lowest BCUT2D eigenvalue weighted by molar-refractivity contribution is 0.108. The minimum atomic E-state index is -0.464. The smallest absolute Gasteiger partial charge is 0.319 e. The van der Waals surface area contributed by atoms with Crippen molar-refractivity contribution in [3.8, 4) is 17.3 Å². The van der Waals surface area contributed by atoms with E-state index in [1.807, 2.05) is 43.3 Å². The molecule has 6 heterocycles. The van der Waals surface area contributed by atoms with Crippen molar-refractivity contribution >= 4 is 33.5 Å². The first-order chi connectivity index (χ1) is 21.5. The van der Waals surface area contributed by atoms with Crippen molar-refractivity contribution in [1.29, 1.82) is 0 Å². The number of nitrogens with one attached hydrogen (secondary N) is 2. The van der Waals surface area contributed by atoms with Gasteiger partial charge in [-0.1, -0.05) is 36.4 Å². The summed E-state index contributed by atoms with van der Waals surface area (Å²) in [4.78, 5) is 31.0. The van der Waals surface area contributed by atoms with Crippen molar-refractivity contribution in [2.45, 2.75) is 57.0 Å². The third kappa shape index (κ3) is 4.62. The number of aromatic nitrogens is 3. The van der Waals surface area contributed by atoms with Crippen LogP contribution >= 0.6 is 0 Å². The molecule has 228 valence electrons. The number of pyridine rings is 1. The predicted molar refractivity (Wildman–Crippen MR) is 168 cm³/mol. The van der Waals surface area contributed by atoms with Gasteiger partial charge in [0.15, 0.2) is 5.82 Å². The van der Waals surface area contributed by atoms with Gasteiger partial charge in [-0.15, -0.1) is 0 Å². The zero-order valence-corrected chi connectivity index (χ0v) is 25.1. The molecule has 8 rings (SSSR count). The number of fused-ring (bicyclic) bond motifs is 3. The maximum Gasteiger partial charge on any atom is 0.319 e. The molecular formula is C34H38FN7O2. The van der Waals surface area contributed by atoms with Crippen molar-refractivity contribution in [1.82, 2.24) is 30.5 Å². The van der Waals surface area contributed by atoms with Crippen LogP contribution in [0.25, 0.3) is 32.9 Å². The molecule has 10 heteroatoms. The third-order valence-electron chi connectivity index (χ3n) is 10.4. The second-order valence-electron chi connectivity index (χ2n) is 13.0. The van der Waals surface area contributed by atoms with E-state index in [0.717, 1.165) is 67.2 Å². The standard InChI is InChI=1S/C34H38FN7O2/c1-21-7-2-8-22-9-3-11-24(27(21)22)29-28(35)30-25(17-36-29)31(41-14-4-10-23(19-41)26-18-37-32(43)38-26)40-33(39-30)44-20-34-12-5-15-42(34)16-6-13-34/h2-3,7-9,11,17,23,26H,4-6,10,12-16,18-20H2,1H3,(H2,37,38,43). The summed E-state index contributed by atoms with van der Waals surface area (Å²) in [6.07, 6.45) is 8.22.